The fourth-order valence-electron chi connectivity index (χ4n) is 12.2. The quantitative estimate of drug-likeness (QED) is 0.0178. The highest BCUT2D eigenvalue weighted by Gasteiger charge is 2.86. The molecule has 4 aromatic carbocycles. The van der Waals surface area contributed by atoms with Crippen molar-refractivity contribution < 1.29 is 150 Å². The van der Waals surface area contributed by atoms with Crippen molar-refractivity contribution in [1.29, 1.82) is 0 Å². The van der Waals surface area contributed by atoms with Crippen molar-refractivity contribution in [1.82, 2.24) is 0 Å². The maximum atomic E-state index is 15.0. The number of esters is 4. The van der Waals surface area contributed by atoms with Gasteiger partial charge in [0.25, 0.3) is 0 Å². The van der Waals surface area contributed by atoms with Crippen molar-refractivity contribution in [3.05, 3.63) is 102 Å². The molecule has 0 fully saturated rings. The lowest BCUT2D eigenvalue weighted by Gasteiger charge is -2.41. The Balaban J connectivity index is 1.32. The van der Waals surface area contributed by atoms with Crippen LogP contribution < -0.4 is 33.2 Å². The first-order valence-corrected chi connectivity index (χ1v) is 41.1. The third-order valence-corrected chi connectivity index (χ3v) is 19.3. The number of carbonyl (C=O) groups is 4. The smallest absolute Gasteiger partial charge is 0.462 e. The maximum absolute atomic E-state index is 15.0. The molecule has 0 aliphatic heterocycles. The van der Waals surface area contributed by atoms with Crippen LogP contribution in [0.25, 0.3) is 0 Å². The third kappa shape index (κ3) is 35.3. The molecule has 0 N–H and O–H groups in total. The lowest BCUT2D eigenvalue weighted by atomic mass is 10.1. The molecule has 0 spiro atoms. The van der Waals surface area contributed by atoms with Crippen LogP contribution in [-0.4, -0.2) is 111 Å². The number of unbranched alkanes of at least 4 members (excludes halogenated alkanes) is 35. The molecule has 2 unspecified atom stereocenters. The summed E-state index contributed by atoms with van der Waals surface area (Å²) in [5.41, 5.74) is -6.76. The summed E-state index contributed by atoms with van der Waals surface area (Å²) in [5, 5.41) is 0. The second-order valence-electron chi connectivity index (χ2n) is 29.2. The van der Waals surface area contributed by atoms with Gasteiger partial charge in [-0.05, 0) is 123 Å². The van der Waals surface area contributed by atoms with Gasteiger partial charge >= 0.3 is 78.2 Å². The summed E-state index contributed by atoms with van der Waals surface area (Å²) in [4.78, 5) is 52.6. The van der Waals surface area contributed by atoms with Gasteiger partial charge in [0.2, 0.25) is 5.75 Å². The van der Waals surface area contributed by atoms with Crippen LogP contribution in [-0.2, 0) is 19.0 Å². The first-order valence-electron chi connectivity index (χ1n) is 41.1. The minimum absolute atomic E-state index is 0.00305. The van der Waals surface area contributed by atoms with Crippen LogP contribution in [0.5, 0.6) is 40.2 Å². The summed E-state index contributed by atoms with van der Waals surface area (Å²) < 4.78 is 307. The zero-order valence-electron chi connectivity index (χ0n) is 67.3. The predicted octanol–water partition coefficient (Wildman–Crippen LogP) is 27.6. The third-order valence-electron chi connectivity index (χ3n) is 19.3. The zero-order valence-corrected chi connectivity index (χ0v) is 67.3. The van der Waals surface area contributed by atoms with Crippen molar-refractivity contribution in [3.8, 4) is 40.2 Å². The molecule has 33 heteroatoms. The summed E-state index contributed by atoms with van der Waals surface area (Å²) >= 11 is 0. The molecule has 0 amide bonds. The first-order chi connectivity index (χ1) is 55.8. The Morgan fingerprint density at radius 1 is 0.288 bits per heavy atom. The molecule has 0 aromatic heterocycles. The average Bonchev–Trinajstić information content (AvgIpc) is 0.752. The number of rotatable bonds is 64. The predicted molar refractivity (Wildman–Crippen MR) is 403 cm³/mol. The van der Waals surface area contributed by atoms with E-state index in [0.717, 1.165) is 70.6 Å². The van der Waals surface area contributed by atoms with E-state index < -0.39 is 97.6 Å². The molecule has 0 heterocycles. The van der Waals surface area contributed by atoms with Gasteiger partial charge in [0.1, 0.15) is 29.6 Å². The summed E-state index contributed by atoms with van der Waals surface area (Å²) in [6, 6.07) is 19.5. The molecule has 4 rings (SSSR count). The van der Waals surface area contributed by atoms with Crippen LogP contribution in [0.2, 0.25) is 0 Å². The van der Waals surface area contributed by atoms with E-state index in [2.05, 4.69) is 25.5 Å². The molecule has 118 heavy (non-hydrogen) atoms. The molecular weight excluding hydrogens is 1610 g/mol. The monoisotopic (exact) mass is 1720 g/mol. The summed E-state index contributed by atoms with van der Waals surface area (Å²) in [6.45, 7) is 4.18. The van der Waals surface area contributed by atoms with E-state index in [1.807, 2.05) is 0 Å². The van der Waals surface area contributed by atoms with E-state index in [0.29, 0.717) is 37.1 Å². The van der Waals surface area contributed by atoms with Gasteiger partial charge < -0.3 is 37.9 Å². The number of hydrogen-bond acceptors (Lipinski definition) is 14. The van der Waals surface area contributed by atoms with E-state index in [1.165, 1.54) is 238 Å². The lowest BCUT2D eigenvalue weighted by Crippen LogP contribution is -2.69. The number of ether oxygens (including phenoxy) is 10. The second kappa shape index (κ2) is 52.0. The van der Waals surface area contributed by atoms with E-state index >= 15 is 4.39 Å². The van der Waals surface area contributed by atoms with Gasteiger partial charge in [-0.15, -0.1) is 0 Å². The lowest BCUT2D eigenvalue weighted by molar-refractivity contribution is -0.558. The van der Waals surface area contributed by atoms with Crippen LogP contribution in [0.4, 0.5) is 83.4 Å². The Morgan fingerprint density at radius 3 is 0.915 bits per heavy atom. The molecule has 0 radical (unpaired) electrons. The van der Waals surface area contributed by atoms with E-state index in [9.17, 15) is 98.2 Å². The number of benzene rings is 4. The van der Waals surface area contributed by atoms with Crippen molar-refractivity contribution in [2.24, 2.45) is 0 Å². The Bertz CT molecular complexity index is 3440. The summed E-state index contributed by atoms with van der Waals surface area (Å²) in [6.07, 6.45) is -6.32. The first kappa shape index (κ1) is 103. The molecule has 4 aromatic rings. The van der Waals surface area contributed by atoms with Gasteiger partial charge in [-0.3, -0.25) is 9.53 Å². The highest BCUT2D eigenvalue weighted by atomic mass is 19.4. The highest BCUT2D eigenvalue weighted by molar-refractivity contribution is 5.94. The Kier molecular flexibility index (Phi) is 45.3. The van der Waals surface area contributed by atoms with Crippen molar-refractivity contribution >= 4 is 23.9 Å². The van der Waals surface area contributed by atoms with Crippen LogP contribution in [0.1, 0.15) is 309 Å². The van der Waals surface area contributed by atoms with Gasteiger partial charge in [0.15, 0.2) is 11.5 Å². The topological polar surface area (TPSA) is 161 Å². The van der Waals surface area contributed by atoms with Crippen molar-refractivity contribution in [2.75, 3.05) is 33.0 Å². The maximum Gasteiger partial charge on any atom is 0.462 e. The Labute approximate surface area is 678 Å². The molecule has 0 saturated carbocycles. The summed E-state index contributed by atoms with van der Waals surface area (Å²) in [7, 11) is 0. The number of hydrogen-bond donors (Lipinski definition) is 0. The second-order valence-corrected chi connectivity index (χ2v) is 29.2. The van der Waals surface area contributed by atoms with Gasteiger partial charge in [0.05, 0.1) is 43.1 Å². The SMILES string of the molecule is CCCCCCCCCCCCCCOc1cc(C(=O)Oc2ccc(C(=O)Oc3ccc(OC(=O)c4ccc(OCCCCCC(=O)OCC(F)(C(F)(F)F)C(F)(F)OC(F)(C(F)(F)F)C(F)(F)OC(F)(F)C(F)(F)C(F)(F)F)cc4)cc3)cc2)cc(OCCCCCCCCCCCCCC)c1OCCCCCCCCCCCCCC. The molecular formula is C85H113F19O14. The fourth-order valence-corrected chi connectivity index (χ4v) is 12.2. The number of carbonyl (C=O) groups excluding carboxylic acids is 4. The average molecular weight is 1720 g/mol. The van der Waals surface area contributed by atoms with Gasteiger partial charge in [0, 0.05) is 6.42 Å². The van der Waals surface area contributed by atoms with E-state index in [4.69, 9.17) is 33.2 Å². The van der Waals surface area contributed by atoms with Crippen molar-refractivity contribution in [2.45, 2.75) is 332 Å². The van der Waals surface area contributed by atoms with Crippen LogP contribution >= 0.6 is 0 Å². The molecule has 0 saturated heterocycles. The normalized spacial score (nSPS) is 13.5. The molecule has 0 bridgehead atoms. The van der Waals surface area contributed by atoms with Crippen LogP contribution in [0, 0.1) is 0 Å². The van der Waals surface area contributed by atoms with Crippen LogP contribution in [0.15, 0.2) is 84.9 Å². The molecule has 0 aliphatic rings. The number of halogens is 19. The van der Waals surface area contributed by atoms with E-state index in [-0.39, 0.29) is 59.1 Å². The van der Waals surface area contributed by atoms with Gasteiger partial charge in [-0.25, -0.2) is 23.5 Å². The van der Waals surface area contributed by atoms with Crippen LogP contribution in [0.3, 0.4) is 0 Å². The molecule has 2 atom stereocenters. The Morgan fingerprint density at radius 2 is 0.585 bits per heavy atom. The molecule has 0 aliphatic carbocycles. The zero-order chi connectivity index (χ0) is 87.4. The largest absolute Gasteiger partial charge is 0.494 e. The van der Waals surface area contributed by atoms with Gasteiger partial charge in [-0.2, -0.15) is 79.0 Å². The molecule has 670 valence electrons. The van der Waals surface area contributed by atoms with E-state index in [1.54, 1.807) is 16.9 Å². The highest BCUT2D eigenvalue weighted by Crippen LogP contribution is 2.58. The standard InChI is InChI=1S/C85H113F19O14/c1-4-7-10-13-16-19-22-25-28-31-34-39-57-110-70-60-65(61-71(111-58-40-35-32-29-26-23-20-17-14-11-8-5-2)73(70)112-59-41-36-33-30-27-24-21-18-15-12-9-6-3)76(108)116-67-50-46-64(47-51-67)75(107)115-69-54-52-68(53-55-69)114-74(106)63-44-48-66(49-45-63)109-56-42-37-38-43-72(105)113-62-77(86,80(90,91)92)83(99,100)117-79(89,82(96,97)98)85(103,104)118-84(101,102)78(87,88)81(93,94)95/h44-55,60-61H,4-43,56-59,62H2,1-3H3. The number of alkyl halides is 19. The van der Waals surface area contributed by atoms with Crippen molar-refractivity contribution in [3.63, 3.8) is 0 Å². The minimum Gasteiger partial charge on any atom is -0.494 e. The Hall–Kier alpha value is -7.45. The van der Waals surface area contributed by atoms with Gasteiger partial charge in [-0.1, -0.05) is 233 Å². The minimum atomic E-state index is -8.29. The summed E-state index contributed by atoms with van der Waals surface area (Å²) in [5.74, 6) is -19.1. The molecule has 14 nitrogen and oxygen atoms in total. The fraction of sp³-hybridized carbons (Fsp3) is 0.671.